The minimum atomic E-state index is -0.816. The maximum Gasteiger partial charge on any atom is 0.0959 e. The number of hydrogen-bond donors (Lipinski definition) is 3. The molecule has 0 aliphatic heterocycles. The lowest BCUT2D eigenvalue weighted by molar-refractivity contribution is 0.0729. The van der Waals surface area contributed by atoms with Gasteiger partial charge in [-0.15, -0.1) is 6.58 Å². The van der Waals surface area contributed by atoms with Crippen LogP contribution in [0, 0.1) is 0 Å². The second-order valence-electron chi connectivity index (χ2n) is 3.81. The van der Waals surface area contributed by atoms with Gasteiger partial charge in [-0.25, -0.2) is 0 Å². The molecule has 1 aromatic carbocycles. The zero-order valence-electron chi connectivity index (χ0n) is 9.50. The lowest BCUT2D eigenvalue weighted by Gasteiger charge is -2.24. The molecule has 3 N–H and O–H groups in total. The largest absolute Gasteiger partial charge is 0.394 e. The lowest BCUT2D eigenvalue weighted by Crippen LogP contribution is -2.41. The van der Waals surface area contributed by atoms with Gasteiger partial charge in [-0.1, -0.05) is 36.4 Å². The number of hydrogen-bond acceptors (Lipinski definition) is 3. The summed E-state index contributed by atoms with van der Waals surface area (Å²) in [5.41, 5.74) is 1.14. The summed E-state index contributed by atoms with van der Waals surface area (Å²) in [5.74, 6) is 0. The van der Waals surface area contributed by atoms with Gasteiger partial charge in [-0.05, 0) is 12.5 Å². The fourth-order valence-corrected chi connectivity index (χ4v) is 1.58. The Bertz CT molecular complexity index is 313. The van der Waals surface area contributed by atoms with Crippen molar-refractivity contribution in [3.63, 3.8) is 0 Å². The van der Waals surface area contributed by atoms with Crippen LogP contribution in [0.4, 0.5) is 0 Å². The van der Waals surface area contributed by atoms with Crippen LogP contribution < -0.4 is 5.32 Å². The summed E-state index contributed by atoms with van der Waals surface area (Å²) < 4.78 is 0. The van der Waals surface area contributed by atoms with Gasteiger partial charge in [0.1, 0.15) is 0 Å². The molecule has 0 fully saturated rings. The van der Waals surface area contributed by atoms with Gasteiger partial charge in [0, 0.05) is 6.04 Å². The average Bonchev–Trinajstić information content (AvgIpc) is 2.35. The number of nitrogens with one attached hydrogen (secondary N) is 1. The maximum atomic E-state index is 9.53. The summed E-state index contributed by atoms with van der Waals surface area (Å²) in [6, 6.07) is 9.74. The van der Waals surface area contributed by atoms with Crippen LogP contribution in [0.25, 0.3) is 0 Å². The maximum absolute atomic E-state index is 9.53. The number of aliphatic hydroxyl groups is 2. The summed E-state index contributed by atoms with van der Waals surface area (Å²) in [5, 5.41) is 21.6. The minimum absolute atomic E-state index is 0.102. The van der Waals surface area contributed by atoms with Crippen LogP contribution in [0.3, 0.4) is 0 Å². The van der Waals surface area contributed by atoms with Crippen LogP contribution in [-0.4, -0.2) is 29.0 Å². The van der Waals surface area contributed by atoms with Gasteiger partial charge in [-0.2, -0.15) is 0 Å². The topological polar surface area (TPSA) is 52.5 Å². The van der Waals surface area contributed by atoms with E-state index in [4.69, 9.17) is 5.11 Å². The Kier molecular flexibility index (Phi) is 5.19. The van der Waals surface area contributed by atoms with Crippen molar-refractivity contribution in [2.75, 3.05) is 6.61 Å². The first-order valence-corrected chi connectivity index (χ1v) is 5.41. The Hall–Kier alpha value is -1.16. The van der Waals surface area contributed by atoms with Crippen molar-refractivity contribution in [2.45, 2.75) is 25.1 Å². The van der Waals surface area contributed by atoms with E-state index in [1.807, 2.05) is 37.3 Å². The molecule has 1 rings (SSSR count). The summed E-state index contributed by atoms with van der Waals surface area (Å²) in [7, 11) is 0. The summed E-state index contributed by atoms with van der Waals surface area (Å²) in [6.45, 7) is 5.38. The van der Waals surface area contributed by atoms with E-state index < -0.39 is 6.10 Å². The molecule has 1 aromatic rings. The molecule has 0 saturated heterocycles. The second kappa shape index (κ2) is 6.43. The Balaban J connectivity index is 2.62. The van der Waals surface area contributed by atoms with Crippen molar-refractivity contribution in [3.8, 4) is 0 Å². The number of benzene rings is 1. The molecule has 0 bridgehead atoms. The normalized spacial score (nSPS) is 16.4. The standard InChI is InChI=1S/C13H19NO2/c1-3-12(13(16)9-15)14-10(2)11-7-5-4-6-8-11/h3-8,10,12-16H,1,9H2,2H3/t10-,12-,13+/m1/s1. The SMILES string of the molecule is C=C[C@@H](N[C@H](C)c1ccccc1)[C@@H](O)CO. The van der Waals surface area contributed by atoms with Gasteiger partial charge in [0.25, 0.3) is 0 Å². The van der Waals surface area contributed by atoms with Crippen LogP contribution in [-0.2, 0) is 0 Å². The van der Waals surface area contributed by atoms with Gasteiger partial charge < -0.3 is 15.5 Å². The van der Waals surface area contributed by atoms with Crippen molar-refractivity contribution in [1.29, 1.82) is 0 Å². The first kappa shape index (κ1) is 12.9. The molecule has 0 radical (unpaired) electrons. The van der Waals surface area contributed by atoms with E-state index >= 15 is 0 Å². The molecule has 0 heterocycles. The minimum Gasteiger partial charge on any atom is -0.394 e. The molecule has 3 nitrogen and oxygen atoms in total. The molecule has 0 aliphatic carbocycles. The molecule has 0 aromatic heterocycles. The van der Waals surface area contributed by atoms with E-state index in [9.17, 15) is 5.11 Å². The Morgan fingerprint density at radius 2 is 2.00 bits per heavy atom. The van der Waals surface area contributed by atoms with Crippen molar-refractivity contribution < 1.29 is 10.2 Å². The summed E-state index contributed by atoms with van der Waals surface area (Å²) in [4.78, 5) is 0. The van der Waals surface area contributed by atoms with E-state index in [0.717, 1.165) is 5.56 Å². The molecule has 3 heteroatoms. The van der Waals surface area contributed by atoms with E-state index in [1.54, 1.807) is 6.08 Å². The molecule has 0 amide bonds. The highest BCUT2D eigenvalue weighted by atomic mass is 16.3. The third kappa shape index (κ3) is 3.45. The molecule has 0 spiro atoms. The van der Waals surface area contributed by atoms with Crippen molar-refractivity contribution >= 4 is 0 Å². The predicted octanol–water partition coefficient (Wildman–Crippen LogP) is 1.24. The molecule has 16 heavy (non-hydrogen) atoms. The van der Waals surface area contributed by atoms with Gasteiger partial charge in [0.15, 0.2) is 0 Å². The van der Waals surface area contributed by atoms with Gasteiger partial charge in [0.05, 0.1) is 18.8 Å². The zero-order valence-corrected chi connectivity index (χ0v) is 9.50. The Labute approximate surface area is 96.4 Å². The molecule has 0 aliphatic rings. The summed E-state index contributed by atoms with van der Waals surface area (Å²) in [6.07, 6.45) is 0.795. The van der Waals surface area contributed by atoms with Crippen LogP contribution in [0.5, 0.6) is 0 Å². The van der Waals surface area contributed by atoms with Crippen LogP contribution in [0.2, 0.25) is 0 Å². The molecule has 3 atom stereocenters. The lowest BCUT2D eigenvalue weighted by atomic mass is 10.1. The van der Waals surface area contributed by atoms with Crippen molar-refractivity contribution in [3.05, 3.63) is 48.6 Å². The molecule has 0 saturated carbocycles. The van der Waals surface area contributed by atoms with Crippen molar-refractivity contribution in [1.82, 2.24) is 5.32 Å². The van der Waals surface area contributed by atoms with E-state index in [2.05, 4.69) is 11.9 Å². The van der Waals surface area contributed by atoms with Gasteiger partial charge in [0.2, 0.25) is 0 Å². The highest BCUT2D eigenvalue weighted by Crippen LogP contribution is 2.13. The zero-order chi connectivity index (χ0) is 12.0. The molecular formula is C13H19NO2. The third-order valence-electron chi connectivity index (χ3n) is 2.60. The Morgan fingerprint density at radius 3 is 2.50 bits per heavy atom. The van der Waals surface area contributed by atoms with E-state index in [1.165, 1.54) is 0 Å². The highest BCUT2D eigenvalue weighted by Gasteiger charge is 2.17. The first-order valence-electron chi connectivity index (χ1n) is 5.41. The average molecular weight is 221 g/mol. The van der Waals surface area contributed by atoms with E-state index in [0.29, 0.717) is 0 Å². The van der Waals surface area contributed by atoms with Crippen LogP contribution in [0.15, 0.2) is 43.0 Å². The fourth-order valence-electron chi connectivity index (χ4n) is 1.58. The quantitative estimate of drug-likeness (QED) is 0.634. The highest BCUT2D eigenvalue weighted by molar-refractivity contribution is 5.18. The van der Waals surface area contributed by atoms with E-state index in [-0.39, 0.29) is 18.7 Å². The summed E-state index contributed by atoms with van der Waals surface area (Å²) >= 11 is 0. The molecular weight excluding hydrogens is 202 g/mol. The van der Waals surface area contributed by atoms with Crippen molar-refractivity contribution in [2.24, 2.45) is 0 Å². The van der Waals surface area contributed by atoms with Gasteiger partial charge >= 0.3 is 0 Å². The van der Waals surface area contributed by atoms with Crippen LogP contribution in [0.1, 0.15) is 18.5 Å². The number of aliphatic hydroxyl groups excluding tert-OH is 2. The fraction of sp³-hybridized carbons (Fsp3) is 0.385. The monoisotopic (exact) mass is 221 g/mol. The first-order chi connectivity index (χ1) is 7.69. The third-order valence-corrected chi connectivity index (χ3v) is 2.60. The molecule has 88 valence electrons. The smallest absolute Gasteiger partial charge is 0.0959 e. The number of rotatable bonds is 6. The van der Waals surface area contributed by atoms with Gasteiger partial charge in [-0.3, -0.25) is 0 Å². The second-order valence-corrected chi connectivity index (χ2v) is 3.81. The van der Waals surface area contributed by atoms with Crippen LogP contribution >= 0.6 is 0 Å². The molecule has 0 unspecified atom stereocenters. The predicted molar refractivity (Wildman–Crippen MR) is 65.1 cm³/mol. The Morgan fingerprint density at radius 1 is 1.38 bits per heavy atom.